The van der Waals surface area contributed by atoms with Crippen molar-refractivity contribution in [2.45, 2.75) is 32.1 Å². The highest BCUT2D eigenvalue weighted by atomic mass is 16.5. The van der Waals surface area contributed by atoms with Crippen molar-refractivity contribution < 1.29 is 9.84 Å². The first-order valence-electron chi connectivity index (χ1n) is 5.63. The molecule has 1 aliphatic carbocycles. The van der Waals surface area contributed by atoms with E-state index in [4.69, 9.17) is 10.5 Å². The van der Waals surface area contributed by atoms with Crippen LogP contribution in [-0.4, -0.2) is 18.8 Å². The first-order valence-corrected chi connectivity index (χ1v) is 5.63. The van der Waals surface area contributed by atoms with Gasteiger partial charge in [-0.05, 0) is 37.8 Å². The number of methoxy groups -OCH3 is 1. The van der Waals surface area contributed by atoms with E-state index in [9.17, 15) is 5.11 Å². The van der Waals surface area contributed by atoms with Gasteiger partial charge in [-0.1, -0.05) is 6.07 Å². The third kappa shape index (κ3) is 1.47. The van der Waals surface area contributed by atoms with Gasteiger partial charge in [-0.25, -0.2) is 0 Å². The van der Waals surface area contributed by atoms with E-state index < -0.39 is 0 Å². The molecule has 0 aromatic heterocycles. The van der Waals surface area contributed by atoms with Crippen LogP contribution >= 0.6 is 0 Å². The predicted octanol–water partition coefficient (Wildman–Crippen LogP) is 2.01. The lowest BCUT2D eigenvalue weighted by Crippen LogP contribution is -2.20. The van der Waals surface area contributed by atoms with Crippen molar-refractivity contribution >= 4 is 0 Å². The first-order chi connectivity index (χ1) is 7.55. The van der Waals surface area contributed by atoms with E-state index in [0.717, 1.165) is 29.5 Å². The maximum Gasteiger partial charge on any atom is 0.164 e. The van der Waals surface area contributed by atoms with Gasteiger partial charge in [-0.3, -0.25) is 0 Å². The Bertz CT molecular complexity index is 422. The summed E-state index contributed by atoms with van der Waals surface area (Å²) in [6.45, 7) is 4.52. The number of nitrogens with two attached hydrogens (primary N) is 1. The van der Waals surface area contributed by atoms with Gasteiger partial charge in [0.1, 0.15) is 0 Å². The molecule has 1 aromatic rings. The summed E-state index contributed by atoms with van der Waals surface area (Å²) in [6, 6.07) is 2.10. The molecule has 2 rings (SSSR count). The van der Waals surface area contributed by atoms with Gasteiger partial charge < -0.3 is 15.6 Å². The summed E-state index contributed by atoms with van der Waals surface area (Å²) in [6.07, 6.45) is 2.17. The molecule has 3 N–H and O–H groups in total. The standard InChI is InChI=1S/C13H19NO2/c1-8-6-10(13(7-14)4-5-13)12(16-3)11(15)9(8)2/h6,15H,4-5,7,14H2,1-3H3. The third-order valence-electron chi connectivity index (χ3n) is 3.79. The normalized spacial score (nSPS) is 17.2. The molecular weight excluding hydrogens is 202 g/mol. The maximum absolute atomic E-state index is 10.1. The lowest BCUT2D eigenvalue weighted by atomic mass is 9.91. The highest BCUT2D eigenvalue weighted by Gasteiger charge is 2.45. The zero-order valence-electron chi connectivity index (χ0n) is 10.1. The summed E-state index contributed by atoms with van der Waals surface area (Å²) in [7, 11) is 1.60. The number of rotatable bonds is 3. The Hall–Kier alpha value is -1.22. The van der Waals surface area contributed by atoms with Gasteiger partial charge in [0.05, 0.1) is 7.11 Å². The molecule has 88 valence electrons. The molecule has 1 aromatic carbocycles. The lowest BCUT2D eigenvalue weighted by molar-refractivity contribution is 0.363. The quantitative estimate of drug-likeness (QED) is 0.821. The highest BCUT2D eigenvalue weighted by molar-refractivity contribution is 5.58. The number of phenolic OH excluding ortho intramolecular Hbond substituents is 1. The average molecular weight is 221 g/mol. The molecule has 0 heterocycles. The van der Waals surface area contributed by atoms with Gasteiger partial charge in [0.25, 0.3) is 0 Å². The molecule has 0 spiro atoms. The second-order valence-electron chi connectivity index (χ2n) is 4.73. The van der Waals surface area contributed by atoms with Crippen LogP contribution in [0.1, 0.15) is 29.5 Å². The van der Waals surface area contributed by atoms with Crippen molar-refractivity contribution in [1.82, 2.24) is 0 Å². The Balaban J connectivity index is 2.61. The summed E-state index contributed by atoms with van der Waals surface area (Å²) >= 11 is 0. The van der Waals surface area contributed by atoms with Crippen molar-refractivity contribution in [2.24, 2.45) is 5.73 Å². The molecule has 16 heavy (non-hydrogen) atoms. The monoisotopic (exact) mass is 221 g/mol. The fraction of sp³-hybridized carbons (Fsp3) is 0.538. The molecule has 3 nitrogen and oxygen atoms in total. The molecule has 3 heteroatoms. The Morgan fingerprint density at radius 1 is 1.44 bits per heavy atom. The van der Waals surface area contributed by atoms with Crippen molar-refractivity contribution in [3.05, 3.63) is 22.8 Å². The molecule has 0 atom stereocenters. The molecule has 1 saturated carbocycles. The summed E-state index contributed by atoms with van der Waals surface area (Å²) < 4.78 is 5.33. The van der Waals surface area contributed by atoms with Crippen LogP contribution in [0.15, 0.2) is 6.07 Å². The largest absolute Gasteiger partial charge is 0.504 e. The predicted molar refractivity (Wildman–Crippen MR) is 64.1 cm³/mol. The molecule has 0 amide bonds. The lowest BCUT2D eigenvalue weighted by Gasteiger charge is -2.20. The fourth-order valence-corrected chi connectivity index (χ4v) is 2.21. The number of benzene rings is 1. The number of hydrogen-bond donors (Lipinski definition) is 2. The van der Waals surface area contributed by atoms with E-state index >= 15 is 0 Å². The van der Waals surface area contributed by atoms with Crippen LogP contribution in [0, 0.1) is 13.8 Å². The van der Waals surface area contributed by atoms with Gasteiger partial charge in [0, 0.05) is 17.5 Å². The molecular formula is C13H19NO2. The van der Waals surface area contributed by atoms with E-state index in [-0.39, 0.29) is 11.2 Å². The molecule has 0 bridgehead atoms. The second kappa shape index (κ2) is 3.67. The van der Waals surface area contributed by atoms with Crippen LogP contribution in [0.5, 0.6) is 11.5 Å². The van der Waals surface area contributed by atoms with Crippen LogP contribution in [0.4, 0.5) is 0 Å². The summed E-state index contributed by atoms with van der Waals surface area (Å²) in [5.41, 5.74) is 8.91. The number of hydrogen-bond acceptors (Lipinski definition) is 3. The van der Waals surface area contributed by atoms with Gasteiger partial charge in [-0.2, -0.15) is 0 Å². The molecule has 0 radical (unpaired) electrons. The van der Waals surface area contributed by atoms with Crippen LogP contribution in [0.3, 0.4) is 0 Å². The fourth-order valence-electron chi connectivity index (χ4n) is 2.21. The van der Waals surface area contributed by atoms with Gasteiger partial charge in [-0.15, -0.1) is 0 Å². The van der Waals surface area contributed by atoms with E-state index in [1.54, 1.807) is 7.11 Å². The van der Waals surface area contributed by atoms with Crippen LogP contribution in [-0.2, 0) is 5.41 Å². The zero-order valence-corrected chi connectivity index (χ0v) is 10.1. The molecule has 0 saturated heterocycles. The molecule has 1 fully saturated rings. The Morgan fingerprint density at radius 3 is 2.50 bits per heavy atom. The highest BCUT2D eigenvalue weighted by Crippen LogP contribution is 2.53. The number of aromatic hydroxyl groups is 1. The Morgan fingerprint density at radius 2 is 2.06 bits per heavy atom. The number of phenols is 1. The minimum Gasteiger partial charge on any atom is -0.504 e. The van der Waals surface area contributed by atoms with E-state index in [1.165, 1.54) is 0 Å². The average Bonchev–Trinajstić information content (AvgIpc) is 3.06. The minimum absolute atomic E-state index is 0.0429. The van der Waals surface area contributed by atoms with Crippen LogP contribution < -0.4 is 10.5 Å². The van der Waals surface area contributed by atoms with E-state index in [0.29, 0.717) is 12.3 Å². The van der Waals surface area contributed by atoms with E-state index in [1.807, 2.05) is 13.8 Å². The Kier molecular flexibility index (Phi) is 2.58. The number of aryl methyl sites for hydroxylation is 1. The van der Waals surface area contributed by atoms with Crippen LogP contribution in [0.25, 0.3) is 0 Å². The van der Waals surface area contributed by atoms with E-state index in [2.05, 4.69) is 6.07 Å². The number of ether oxygens (including phenoxy) is 1. The van der Waals surface area contributed by atoms with Crippen LogP contribution in [0.2, 0.25) is 0 Å². The Labute approximate surface area is 96.2 Å². The van der Waals surface area contributed by atoms with Gasteiger partial charge in [0.15, 0.2) is 11.5 Å². The second-order valence-corrected chi connectivity index (χ2v) is 4.73. The molecule has 0 unspecified atom stereocenters. The topological polar surface area (TPSA) is 55.5 Å². The molecule has 0 aliphatic heterocycles. The maximum atomic E-state index is 10.1. The summed E-state index contributed by atoms with van der Waals surface area (Å²) in [5.74, 6) is 0.864. The summed E-state index contributed by atoms with van der Waals surface area (Å²) in [4.78, 5) is 0. The summed E-state index contributed by atoms with van der Waals surface area (Å²) in [5, 5.41) is 10.1. The van der Waals surface area contributed by atoms with Gasteiger partial charge >= 0.3 is 0 Å². The van der Waals surface area contributed by atoms with Crippen molar-refractivity contribution in [3.8, 4) is 11.5 Å². The van der Waals surface area contributed by atoms with Crippen molar-refractivity contribution in [2.75, 3.05) is 13.7 Å². The zero-order chi connectivity index (χ0) is 11.9. The van der Waals surface area contributed by atoms with Gasteiger partial charge in [0.2, 0.25) is 0 Å². The molecule has 1 aliphatic rings. The third-order valence-corrected chi connectivity index (χ3v) is 3.79. The van der Waals surface area contributed by atoms with Crippen molar-refractivity contribution in [1.29, 1.82) is 0 Å². The first kappa shape index (κ1) is 11.3. The SMILES string of the molecule is COc1c(C2(CN)CC2)cc(C)c(C)c1O. The van der Waals surface area contributed by atoms with Crippen molar-refractivity contribution in [3.63, 3.8) is 0 Å². The smallest absolute Gasteiger partial charge is 0.164 e. The minimum atomic E-state index is 0.0429.